The summed E-state index contributed by atoms with van der Waals surface area (Å²) in [7, 11) is 0. The smallest absolute Gasteiger partial charge is 0.0705 e. The summed E-state index contributed by atoms with van der Waals surface area (Å²) >= 11 is 0. The maximum Gasteiger partial charge on any atom is 0.0705 e. The minimum absolute atomic E-state index is 0.0167. The van der Waals surface area contributed by atoms with Crippen molar-refractivity contribution >= 4 is 0 Å². The molecule has 1 heterocycles. The molecule has 2 aromatic carbocycles. The Bertz CT molecular complexity index is 1430. The fourth-order valence-corrected chi connectivity index (χ4v) is 3.29. The standard InChI is InChI=1S/C29H37N/c1-19-10-11-22(27-16-23(17-28(4,5)6)21(3)18-30-27)15-26(19)25-13-12-24(14-20(25)2)29(7,8)9/h10-16,18H,17H2,1-9H3/i1D3,2D3,3D3,17D2. The number of pyridine rings is 1. The Kier molecular flexibility index (Phi) is 3.17. The normalized spacial score (nSPS) is 19.5. The predicted molar refractivity (Wildman–Crippen MR) is 131 cm³/mol. The topological polar surface area (TPSA) is 12.9 Å². The summed E-state index contributed by atoms with van der Waals surface area (Å²) in [6.45, 7) is 3.21. The Morgan fingerprint density at radius 2 is 1.53 bits per heavy atom. The lowest BCUT2D eigenvalue weighted by Gasteiger charge is -2.21. The van der Waals surface area contributed by atoms with E-state index in [1.54, 1.807) is 39.0 Å². The number of hydrogen-bond acceptors (Lipinski definition) is 1. The molecular weight excluding hydrogens is 362 g/mol. The van der Waals surface area contributed by atoms with Crippen LogP contribution in [0, 0.1) is 26.0 Å². The molecule has 1 heteroatoms. The van der Waals surface area contributed by atoms with E-state index in [4.69, 9.17) is 15.1 Å². The van der Waals surface area contributed by atoms with Crippen LogP contribution in [0.5, 0.6) is 0 Å². The average Bonchev–Trinajstić information content (AvgIpc) is 2.80. The van der Waals surface area contributed by atoms with Crippen molar-refractivity contribution in [3.05, 3.63) is 76.5 Å². The van der Waals surface area contributed by atoms with Gasteiger partial charge in [0.05, 0.1) is 5.69 Å². The van der Waals surface area contributed by atoms with Gasteiger partial charge in [0.1, 0.15) is 0 Å². The molecule has 0 aliphatic heterocycles. The summed E-state index contributed by atoms with van der Waals surface area (Å²) in [5.74, 6) is 0. The van der Waals surface area contributed by atoms with Crippen LogP contribution in [0.1, 0.15) is 84.4 Å². The molecule has 0 amide bonds. The molecule has 0 aliphatic carbocycles. The van der Waals surface area contributed by atoms with Gasteiger partial charge in [-0.2, -0.15) is 0 Å². The summed E-state index contributed by atoms with van der Waals surface area (Å²) in [5.41, 5.74) is 0.296. The van der Waals surface area contributed by atoms with Gasteiger partial charge in [0, 0.05) is 26.8 Å². The van der Waals surface area contributed by atoms with Crippen LogP contribution in [0.3, 0.4) is 0 Å². The lowest BCUT2D eigenvalue weighted by molar-refractivity contribution is 0.410. The number of hydrogen-bond donors (Lipinski definition) is 0. The van der Waals surface area contributed by atoms with Crippen LogP contribution in [0.4, 0.5) is 0 Å². The van der Waals surface area contributed by atoms with Crippen molar-refractivity contribution in [3.8, 4) is 22.4 Å². The highest BCUT2D eigenvalue weighted by molar-refractivity contribution is 5.76. The van der Waals surface area contributed by atoms with E-state index in [9.17, 15) is 0 Å². The molecule has 0 bridgehead atoms. The SMILES string of the molecule is [2H]C([2H])([2H])c1ccc(-c2cc(C([2H])([2H])C(C)(C)C)c(C([2H])([2H])[2H])cn2)cc1-c1ccc(C(C)(C)C)cc1C([2H])([2H])[2H]. The zero-order valence-electron chi connectivity index (χ0n) is 29.6. The second-order valence-electron chi connectivity index (χ2n) is 9.76. The molecule has 0 N–H and O–H groups in total. The molecule has 0 aliphatic rings. The van der Waals surface area contributed by atoms with E-state index in [-0.39, 0.29) is 44.5 Å². The first-order valence-electron chi connectivity index (χ1n) is 15.6. The van der Waals surface area contributed by atoms with Gasteiger partial charge in [0.15, 0.2) is 0 Å². The largest absolute Gasteiger partial charge is 0.256 e. The Hall–Kier alpha value is -2.41. The summed E-state index contributed by atoms with van der Waals surface area (Å²) < 4.78 is 90.7. The quantitative estimate of drug-likeness (QED) is 0.424. The predicted octanol–water partition coefficient (Wildman–Crippen LogP) is 8.23. The van der Waals surface area contributed by atoms with Gasteiger partial charge in [-0.3, -0.25) is 4.98 Å². The molecule has 158 valence electrons. The maximum atomic E-state index is 8.81. The van der Waals surface area contributed by atoms with Crippen LogP contribution in [0.15, 0.2) is 48.7 Å². The average molecular weight is 411 g/mol. The van der Waals surface area contributed by atoms with E-state index < -0.39 is 32.3 Å². The van der Waals surface area contributed by atoms with Crippen molar-refractivity contribution in [1.29, 1.82) is 0 Å². The minimum atomic E-state index is -2.61. The van der Waals surface area contributed by atoms with Gasteiger partial charge in [-0.05, 0) is 88.8 Å². The molecule has 3 aromatic rings. The van der Waals surface area contributed by atoms with E-state index in [0.717, 1.165) is 11.8 Å². The number of nitrogens with zero attached hydrogens (tertiary/aromatic N) is 1. The molecule has 0 radical (unpaired) electrons. The highest BCUT2D eigenvalue weighted by Gasteiger charge is 2.17. The van der Waals surface area contributed by atoms with Gasteiger partial charge in [-0.25, -0.2) is 0 Å². The number of aromatic nitrogens is 1. The van der Waals surface area contributed by atoms with Crippen molar-refractivity contribution in [2.75, 3.05) is 0 Å². The number of benzene rings is 2. The lowest BCUT2D eigenvalue weighted by Crippen LogP contribution is -2.11. The van der Waals surface area contributed by atoms with Crippen LogP contribution in [0.25, 0.3) is 22.4 Å². The molecule has 0 spiro atoms. The Labute approximate surface area is 199 Å². The van der Waals surface area contributed by atoms with Gasteiger partial charge in [0.25, 0.3) is 0 Å². The summed E-state index contributed by atoms with van der Waals surface area (Å²) in [6.07, 6.45) is -0.905. The van der Waals surface area contributed by atoms with Crippen LogP contribution in [-0.2, 0) is 11.8 Å². The fraction of sp³-hybridized carbons (Fsp3) is 0.414. The van der Waals surface area contributed by atoms with Crippen molar-refractivity contribution in [2.24, 2.45) is 5.41 Å². The lowest BCUT2D eigenvalue weighted by atomic mass is 9.84. The highest BCUT2D eigenvalue weighted by atomic mass is 14.7. The second kappa shape index (κ2) is 8.02. The van der Waals surface area contributed by atoms with E-state index in [2.05, 4.69) is 4.98 Å². The molecule has 0 fully saturated rings. The molecule has 1 aromatic heterocycles. The fourth-order valence-electron chi connectivity index (χ4n) is 3.29. The van der Waals surface area contributed by atoms with Crippen molar-refractivity contribution in [2.45, 2.75) is 73.9 Å². The summed E-state index contributed by atoms with van der Waals surface area (Å²) in [5, 5.41) is 0. The summed E-state index contributed by atoms with van der Waals surface area (Å²) in [4.78, 5) is 4.34. The van der Waals surface area contributed by atoms with Gasteiger partial charge in [0.2, 0.25) is 0 Å². The molecule has 1 nitrogen and oxygen atoms in total. The van der Waals surface area contributed by atoms with Crippen molar-refractivity contribution < 1.29 is 15.1 Å². The third kappa shape index (κ3) is 5.01. The molecular formula is C29H37N. The van der Waals surface area contributed by atoms with Crippen LogP contribution in [0.2, 0.25) is 0 Å². The Morgan fingerprint density at radius 1 is 0.800 bits per heavy atom. The van der Waals surface area contributed by atoms with E-state index in [0.29, 0.717) is 5.56 Å². The minimum Gasteiger partial charge on any atom is -0.256 e. The molecule has 0 atom stereocenters. The van der Waals surface area contributed by atoms with Gasteiger partial charge < -0.3 is 0 Å². The van der Waals surface area contributed by atoms with Crippen LogP contribution >= 0.6 is 0 Å². The molecule has 30 heavy (non-hydrogen) atoms. The monoisotopic (exact) mass is 410 g/mol. The summed E-state index contributed by atoms with van der Waals surface area (Å²) in [6, 6.07) is 10.9. The molecule has 0 saturated heterocycles. The number of rotatable bonds is 3. The number of aryl methyl sites for hydroxylation is 3. The van der Waals surface area contributed by atoms with Crippen molar-refractivity contribution in [3.63, 3.8) is 0 Å². The zero-order chi connectivity index (χ0) is 31.6. The third-order valence-corrected chi connectivity index (χ3v) is 4.90. The van der Waals surface area contributed by atoms with E-state index in [1.807, 2.05) is 20.8 Å². The van der Waals surface area contributed by atoms with Crippen LogP contribution in [-0.4, -0.2) is 4.98 Å². The first-order chi connectivity index (χ1) is 18.3. The molecule has 0 saturated carbocycles. The van der Waals surface area contributed by atoms with Crippen molar-refractivity contribution in [1.82, 2.24) is 4.98 Å². The Balaban J connectivity index is 2.39. The first-order valence-corrected chi connectivity index (χ1v) is 10.1. The highest BCUT2D eigenvalue weighted by Crippen LogP contribution is 2.34. The van der Waals surface area contributed by atoms with Gasteiger partial charge >= 0.3 is 0 Å². The van der Waals surface area contributed by atoms with E-state index >= 15 is 0 Å². The van der Waals surface area contributed by atoms with E-state index in [1.165, 1.54) is 24.3 Å². The zero-order valence-corrected chi connectivity index (χ0v) is 18.6. The second-order valence-corrected chi connectivity index (χ2v) is 9.76. The molecule has 0 unspecified atom stereocenters. The Morgan fingerprint density at radius 3 is 2.17 bits per heavy atom. The third-order valence-electron chi connectivity index (χ3n) is 4.90. The van der Waals surface area contributed by atoms with Crippen LogP contribution < -0.4 is 0 Å². The first kappa shape index (κ1) is 11.8. The maximum absolute atomic E-state index is 8.81. The van der Waals surface area contributed by atoms with Gasteiger partial charge in [-0.1, -0.05) is 71.9 Å². The molecule has 3 rings (SSSR count). The van der Waals surface area contributed by atoms with Gasteiger partial charge in [-0.15, -0.1) is 0 Å².